The fourth-order valence-corrected chi connectivity index (χ4v) is 5.62. The number of hydrogen-bond acceptors (Lipinski definition) is 5. The first kappa shape index (κ1) is 26.3. The van der Waals surface area contributed by atoms with Crippen molar-refractivity contribution in [2.75, 3.05) is 45.4 Å². The van der Waals surface area contributed by atoms with Crippen LogP contribution in [0.4, 0.5) is 5.69 Å². The van der Waals surface area contributed by atoms with Crippen molar-refractivity contribution < 1.29 is 19.1 Å². The van der Waals surface area contributed by atoms with Crippen molar-refractivity contribution >= 4 is 23.4 Å². The number of piperidine rings is 1. The Kier molecular flexibility index (Phi) is 7.54. The van der Waals surface area contributed by atoms with Crippen LogP contribution in [-0.4, -0.2) is 78.4 Å². The van der Waals surface area contributed by atoms with E-state index in [0.717, 1.165) is 11.3 Å². The fourth-order valence-electron chi connectivity index (χ4n) is 5.62. The Hall–Kier alpha value is -4.33. The Bertz CT molecular complexity index is 1320. The first-order valence-corrected chi connectivity index (χ1v) is 13.3. The molecule has 0 radical (unpaired) electrons. The molecule has 39 heavy (non-hydrogen) atoms. The SMILES string of the molecule is COc1ccccc1C(=O)N1CCC2(CC1)C(=O)N(CC(=O)N(C)Cc1ccccc1)CN2c1ccccc1. The highest BCUT2D eigenvalue weighted by molar-refractivity contribution is 5.99. The lowest BCUT2D eigenvalue weighted by Gasteiger charge is -2.43. The normalized spacial score (nSPS) is 16.5. The van der Waals surface area contributed by atoms with Gasteiger partial charge >= 0.3 is 0 Å². The van der Waals surface area contributed by atoms with Gasteiger partial charge in [-0.1, -0.05) is 60.7 Å². The monoisotopic (exact) mass is 526 g/mol. The number of rotatable bonds is 7. The largest absolute Gasteiger partial charge is 0.496 e. The third-order valence-electron chi connectivity index (χ3n) is 7.81. The molecule has 3 amide bonds. The minimum absolute atomic E-state index is 0.0110. The quantitative estimate of drug-likeness (QED) is 0.470. The second-order valence-corrected chi connectivity index (χ2v) is 10.2. The molecule has 0 N–H and O–H groups in total. The molecule has 0 unspecified atom stereocenters. The number of carbonyl (C=O) groups is 3. The van der Waals surface area contributed by atoms with Crippen molar-refractivity contribution in [1.82, 2.24) is 14.7 Å². The van der Waals surface area contributed by atoms with Gasteiger partial charge in [0.25, 0.3) is 11.8 Å². The first-order valence-electron chi connectivity index (χ1n) is 13.3. The molecule has 0 aromatic heterocycles. The molecule has 2 saturated heterocycles. The van der Waals surface area contributed by atoms with E-state index in [1.54, 1.807) is 41.0 Å². The minimum atomic E-state index is -0.808. The van der Waals surface area contributed by atoms with Crippen molar-refractivity contribution in [3.63, 3.8) is 0 Å². The average molecular weight is 527 g/mol. The predicted octanol–water partition coefficient (Wildman–Crippen LogP) is 3.63. The van der Waals surface area contributed by atoms with Crippen LogP contribution in [-0.2, 0) is 16.1 Å². The van der Waals surface area contributed by atoms with Gasteiger partial charge in [-0.05, 0) is 42.7 Å². The van der Waals surface area contributed by atoms with Gasteiger partial charge in [0.1, 0.15) is 17.8 Å². The molecule has 202 valence electrons. The van der Waals surface area contributed by atoms with Gasteiger partial charge in [0.2, 0.25) is 5.91 Å². The lowest BCUT2D eigenvalue weighted by atomic mass is 9.85. The third kappa shape index (κ3) is 5.19. The summed E-state index contributed by atoms with van der Waals surface area (Å²) in [5.74, 6) is 0.266. The Labute approximate surface area is 229 Å². The van der Waals surface area contributed by atoms with Crippen molar-refractivity contribution in [1.29, 1.82) is 0 Å². The highest BCUT2D eigenvalue weighted by Crippen LogP contribution is 2.40. The van der Waals surface area contributed by atoms with Crippen LogP contribution < -0.4 is 9.64 Å². The Morgan fingerprint density at radius 2 is 1.51 bits per heavy atom. The Morgan fingerprint density at radius 1 is 0.897 bits per heavy atom. The van der Waals surface area contributed by atoms with Gasteiger partial charge in [-0.15, -0.1) is 0 Å². The summed E-state index contributed by atoms with van der Waals surface area (Å²) >= 11 is 0. The smallest absolute Gasteiger partial charge is 0.257 e. The summed E-state index contributed by atoms with van der Waals surface area (Å²) in [5.41, 5.74) is 1.68. The second kappa shape index (κ2) is 11.2. The molecular weight excluding hydrogens is 492 g/mol. The molecule has 8 nitrogen and oxygen atoms in total. The van der Waals surface area contributed by atoms with Gasteiger partial charge < -0.3 is 24.3 Å². The van der Waals surface area contributed by atoms with Crippen molar-refractivity contribution in [3.8, 4) is 5.75 Å². The number of carbonyl (C=O) groups excluding carboxylic acids is 3. The predicted molar refractivity (Wildman–Crippen MR) is 149 cm³/mol. The molecule has 0 bridgehead atoms. The molecule has 5 rings (SSSR count). The van der Waals surface area contributed by atoms with E-state index in [2.05, 4.69) is 4.90 Å². The molecule has 0 atom stereocenters. The summed E-state index contributed by atoms with van der Waals surface area (Å²) in [5, 5.41) is 0. The zero-order valence-electron chi connectivity index (χ0n) is 22.5. The summed E-state index contributed by atoms with van der Waals surface area (Å²) in [7, 11) is 3.32. The highest BCUT2D eigenvalue weighted by atomic mass is 16.5. The van der Waals surface area contributed by atoms with Crippen LogP contribution >= 0.6 is 0 Å². The van der Waals surface area contributed by atoms with Gasteiger partial charge in [-0.3, -0.25) is 14.4 Å². The van der Waals surface area contributed by atoms with E-state index in [4.69, 9.17) is 4.74 Å². The van der Waals surface area contributed by atoms with Gasteiger partial charge in [0.15, 0.2) is 0 Å². The zero-order chi connectivity index (χ0) is 27.4. The maximum atomic E-state index is 14.0. The highest BCUT2D eigenvalue weighted by Gasteiger charge is 2.54. The van der Waals surface area contributed by atoms with Crippen molar-refractivity contribution in [2.45, 2.75) is 24.9 Å². The number of likely N-dealkylation sites (tertiary alicyclic amines) is 1. The van der Waals surface area contributed by atoms with E-state index in [1.807, 2.05) is 72.8 Å². The van der Waals surface area contributed by atoms with Gasteiger partial charge in [0.05, 0.1) is 19.3 Å². The third-order valence-corrected chi connectivity index (χ3v) is 7.81. The van der Waals surface area contributed by atoms with Crippen LogP contribution in [0, 0.1) is 0 Å². The number of amides is 3. The lowest BCUT2D eigenvalue weighted by molar-refractivity contribution is -0.140. The van der Waals surface area contributed by atoms with Gasteiger partial charge in [0, 0.05) is 32.4 Å². The van der Waals surface area contributed by atoms with E-state index in [1.165, 1.54) is 0 Å². The Balaban J connectivity index is 1.33. The summed E-state index contributed by atoms with van der Waals surface area (Å²) in [6.45, 7) is 1.68. The maximum absolute atomic E-state index is 14.0. The number of anilines is 1. The minimum Gasteiger partial charge on any atom is -0.496 e. The summed E-state index contributed by atoms with van der Waals surface area (Å²) in [4.78, 5) is 47.8. The number of likely N-dealkylation sites (N-methyl/N-ethyl adjacent to an activating group) is 1. The second-order valence-electron chi connectivity index (χ2n) is 10.2. The number of nitrogens with zero attached hydrogens (tertiary/aromatic N) is 4. The first-order chi connectivity index (χ1) is 18.9. The number of methoxy groups -OCH3 is 1. The topological polar surface area (TPSA) is 73.4 Å². The summed E-state index contributed by atoms with van der Waals surface area (Å²) < 4.78 is 5.40. The number of hydrogen-bond donors (Lipinski definition) is 0. The zero-order valence-corrected chi connectivity index (χ0v) is 22.5. The summed E-state index contributed by atoms with van der Waals surface area (Å²) in [6.07, 6.45) is 0.957. The molecule has 3 aromatic carbocycles. The standard InChI is InChI=1S/C31H34N4O4/c1-32(21-24-11-5-3-6-12-24)28(36)22-34-23-35(25-13-7-4-8-14-25)31(30(34)38)17-19-33(20-18-31)29(37)26-15-9-10-16-27(26)39-2/h3-16H,17-23H2,1-2H3. The van der Waals surface area contributed by atoms with Crippen molar-refractivity contribution in [2.24, 2.45) is 0 Å². The number of benzene rings is 3. The molecule has 2 heterocycles. The molecular formula is C31H34N4O4. The lowest BCUT2D eigenvalue weighted by Crippen LogP contribution is -2.57. The molecule has 8 heteroatoms. The maximum Gasteiger partial charge on any atom is 0.257 e. The molecule has 2 aliphatic heterocycles. The van der Waals surface area contributed by atoms with Crippen LogP contribution in [0.3, 0.4) is 0 Å². The van der Waals surface area contributed by atoms with Crippen LogP contribution in [0.2, 0.25) is 0 Å². The average Bonchev–Trinajstić information content (AvgIpc) is 3.24. The van der Waals surface area contributed by atoms with Crippen LogP contribution in [0.25, 0.3) is 0 Å². The van der Waals surface area contributed by atoms with Gasteiger partial charge in [-0.2, -0.15) is 0 Å². The van der Waals surface area contributed by atoms with Crippen LogP contribution in [0.15, 0.2) is 84.9 Å². The molecule has 0 aliphatic carbocycles. The van der Waals surface area contributed by atoms with E-state index in [0.29, 0.717) is 50.5 Å². The molecule has 2 aliphatic rings. The molecule has 2 fully saturated rings. The number of para-hydroxylation sites is 2. The van der Waals surface area contributed by atoms with E-state index in [-0.39, 0.29) is 24.3 Å². The van der Waals surface area contributed by atoms with E-state index >= 15 is 0 Å². The summed E-state index contributed by atoms with van der Waals surface area (Å²) in [6, 6.07) is 26.9. The van der Waals surface area contributed by atoms with Crippen molar-refractivity contribution in [3.05, 3.63) is 96.1 Å². The molecule has 3 aromatic rings. The number of ether oxygens (including phenoxy) is 1. The Morgan fingerprint density at radius 3 is 2.18 bits per heavy atom. The molecule has 1 spiro atoms. The fraction of sp³-hybridized carbons (Fsp3) is 0.323. The molecule has 0 saturated carbocycles. The van der Waals surface area contributed by atoms with E-state index in [9.17, 15) is 14.4 Å². The van der Waals surface area contributed by atoms with Gasteiger partial charge in [-0.25, -0.2) is 0 Å². The van der Waals surface area contributed by atoms with Crippen LogP contribution in [0.5, 0.6) is 5.75 Å². The van der Waals surface area contributed by atoms with Crippen LogP contribution in [0.1, 0.15) is 28.8 Å². The van der Waals surface area contributed by atoms with E-state index < -0.39 is 5.54 Å².